The molecule has 0 aromatic carbocycles. The number of hydrogen-bond donors (Lipinski definition) is 2. The average molecular weight is 308 g/mol. The van der Waals surface area contributed by atoms with E-state index in [4.69, 9.17) is 10.9 Å². The van der Waals surface area contributed by atoms with Gasteiger partial charge in [0.25, 0.3) is 5.91 Å². The van der Waals surface area contributed by atoms with Gasteiger partial charge in [0.15, 0.2) is 5.84 Å². The van der Waals surface area contributed by atoms with Crippen LogP contribution in [0.25, 0.3) is 0 Å². The van der Waals surface area contributed by atoms with Crippen LogP contribution in [-0.4, -0.2) is 50.9 Å². The van der Waals surface area contributed by atoms with E-state index in [0.29, 0.717) is 31.5 Å². The van der Waals surface area contributed by atoms with Crippen LogP contribution in [0.4, 0.5) is 0 Å². The molecule has 0 spiro atoms. The number of nitrogens with zero attached hydrogens (tertiary/aromatic N) is 3. The molecule has 2 rings (SSSR count). The molecule has 0 unspecified atom stereocenters. The van der Waals surface area contributed by atoms with Crippen molar-refractivity contribution in [1.82, 2.24) is 9.88 Å². The average Bonchev–Trinajstić information content (AvgIpc) is 2.54. The number of likely N-dealkylation sites (tertiary alicyclic amines) is 1. The Morgan fingerprint density at radius 3 is 2.71 bits per heavy atom. The summed E-state index contributed by atoms with van der Waals surface area (Å²) in [7, 11) is 0. The number of pyridine rings is 1. The largest absolute Gasteiger partial charge is 0.409 e. The van der Waals surface area contributed by atoms with Gasteiger partial charge in [-0.15, -0.1) is 0 Å². The van der Waals surface area contributed by atoms with E-state index in [2.05, 4.69) is 10.1 Å². The lowest BCUT2D eigenvalue weighted by molar-refractivity contribution is 0.0716. The highest BCUT2D eigenvalue weighted by molar-refractivity contribution is 8.00. The van der Waals surface area contributed by atoms with E-state index in [0.717, 1.165) is 5.69 Å². The standard InChI is InChI=1S/C14H20N4O2S/c1-10-11(4-3-7-16-10)12(19)18-8-5-14(21-2,6-9-18)13(15)17-20/h3-4,7,20H,5-6,8-9H2,1-2H3,(H2,15,17). The SMILES string of the molecule is CSC1(/C(N)=N/O)CCN(C(=O)c2cccnc2C)CC1. The third kappa shape index (κ3) is 2.97. The Kier molecular flexibility index (Phi) is 4.72. The molecule has 1 aliphatic heterocycles. The van der Waals surface area contributed by atoms with Crippen molar-refractivity contribution >= 4 is 23.5 Å². The van der Waals surface area contributed by atoms with Crippen molar-refractivity contribution in [3.63, 3.8) is 0 Å². The molecular formula is C14H20N4O2S. The summed E-state index contributed by atoms with van der Waals surface area (Å²) in [5.41, 5.74) is 7.19. The summed E-state index contributed by atoms with van der Waals surface area (Å²) in [4.78, 5) is 18.5. The molecule has 0 saturated carbocycles. The first kappa shape index (κ1) is 15.6. The molecule has 6 nitrogen and oxygen atoms in total. The maximum Gasteiger partial charge on any atom is 0.255 e. The number of amides is 1. The Labute approximate surface area is 128 Å². The minimum absolute atomic E-state index is 0.00480. The van der Waals surface area contributed by atoms with Crippen LogP contribution in [0, 0.1) is 6.92 Å². The number of oxime groups is 1. The van der Waals surface area contributed by atoms with E-state index in [9.17, 15) is 4.79 Å². The summed E-state index contributed by atoms with van der Waals surface area (Å²) < 4.78 is -0.379. The van der Waals surface area contributed by atoms with Gasteiger partial charge in [-0.2, -0.15) is 11.8 Å². The van der Waals surface area contributed by atoms with Crippen molar-refractivity contribution in [3.05, 3.63) is 29.6 Å². The molecule has 1 aromatic rings. The molecular weight excluding hydrogens is 288 g/mol. The number of carbonyl (C=O) groups excluding carboxylic acids is 1. The van der Waals surface area contributed by atoms with Gasteiger partial charge in [0.2, 0.25) is 0 Å². The van der Waals surface area contributed by atoms with Crippen molar-refractivity contribution in [2.75, 3.05) is 19.3 Å². The Morgan fingerprint density at radius 2 is 2.19 bits per heavy atom. The van der Waals surface area contributed by atoms with Gasteiger partial charge in [0, 0.05) is 25.0 Å². The maximum atomic E-state index is 12.5. The summed E-state index contributed by atoms with van der Waals surface area (Å²) >= 11 is 1.57. The normalized spacial score (nSPS) is 18.6. The zero-order chi connectivity index (χ0) is 15.5. The van der Waals surface area contributed by atoms with Gasteiger partial charge >= 0.3 is 0 Å². The Hall–Kier alpha value is -1.76. The van der Waals surface area contributed by atoms with E-state index in [-0.39, 0.29) is 16.5 Å². The highest BCUT2D eigenvalue weighted by Crippen LogP contribution is 2.35. The summed E-state index contributed by atoms with van der Waals surface area (Å²) in [6.45, 7) is 3.01. The third-order valence-electron chi connectivity index (χ3n) is 4.06. The Balaban J connectivity index is 2.11. The molecule has 114 valence electrons. The fraction of sp³-hybridized carbons (Fsp3) is 0.500. The maximum absolute atomic E-state index is 12.5. The van der Waals surface area contributed by atoms with Crippen LogP contribution in [0.1, 0.15) is 28.9 Å². The van der Waals surface area contributed by atoms with Gasteiger partial charge in [-0.1, -0.05) is 5.16 Å². The first-order valence-corrected chi connectivity index (χ1v) is 8.00. The van der Waals surface area contributed by atoms with Crippen molar-refractivity contribution in [1.29, 1.82) is 0 Å². The quantitative estimate of drug-likeness (QED) is 0.382. The molecule has 1 fully saturated rings. The molecule has 3 N–H and O–H groups in total. The molecule has 1 amide bonds. The first-order valence-electron chi connectivity index (χ1n) is 6.78. The van der Waals surface area contributed by atoms with Crippen LogP contribution >= 0.6 is 11.8 Å². The third-order valence-corrected chi connectivity index (χ3v) is 5.46. The molecule has 1 aliphatic rings. The molecule has 7 heteroatoms. The van der Waals surface area contributed by atoms with Gasteiger partial charge in [0.1, 0.15) is 0 Å². The lowest BCUT2D eigenvalue weighted by Gasteiger charge is -2.39. The van der Waals surface area contributed by atoms with Gasteiger partial charge < -0.3 is 15.8 Å². The van der Waals surface area contributed by atoms with E-state index in [1.807, 2.05) is 18.1 Å². The topological polar surface area (TPSA) is 91.8 Å². The number of aryl methyl sites for hydroxylation is 1. The van der Waals surface area contributed by atoms with E-state index >= 15 is 0 Å². The van der Waals surface area contributed by atoms with E-state index in [1.54, 1.807) is 30.1 Å². The number of amidine groups is 1. The van der Waals surface area contributed by atoms with Gasteiger partial charge in [0.05, 0.1) is 10.3 Å². The van der Waals surface area contributed by atoms with E-state index in [1.165, 1.54) is 0 Å². The summed E-state index contributed by atoms with van der Waals surface area (Å²) in [5, 5.41) is 12.1. The van der Waals surface area contributed by atoms with Crippen LogP contribution in [0.5, 0.6) is 0 Å². The van der Waals surface area contributed by atoms with Crippen molar-refractivity contribution in [2.45, 2.75) is 24.5 Å². The monoisotopic (exact) mass is 308 g/mol. The number of rotatable bonds is 3. The summed E-state index contributed by atoms with van der Waals surface area (Å²) in [5.74, 6) is 0.231. The highest BCUT2D eigenvalue weighted by atomic mass is 32.2. The van der Waals surface area contributed by atoms with Crippen molar-refractivity contribution in [2.24, 2.45) is 10.9 Å². The fourth-order valence-corrected chi connectivity index (χ4v) is 3.45. The van der Waals surface area contributed by atoms with Gasteiger partial charge in [-0.3, -0.25) is 9.78 Å². The van der Waals surface area contributed by atoms with Crippen LogP contribution in [0.15, 0.2) is 23.5 Å². The summed E-state index contributed by atoms with van der Waals surface area (Å²) in [6.07, 6.45) is 4.98. The number of carbonyl (C=O) groups is 1. The molecule has 0 atom stereocenters. The van der Waals surface area contributed by atoms with Gasteiger partial charge in [-0.05, 0) is 38.2 Å². The van der Waals surface area contributed by atoms with Gasteiger partial charge in [-0.25, -0.2) is 0 Å². The summed E-state index contributed by atoms with van der Waals surface area (Å²) in [6, 6.07) is 3.57. The lowest BCUT2D eigenvalue weighted by Crippen LogP contribution is -2.51. The number of piperidine rings is 1. The first-order chi connectivity index (χ1) is 10.0. The second kappa shape index (κ2) is 6.34. The molecule has 0 aliphatic carbocycles. The molecule has 1 aromatic heterocycles. The van der Waals surface area contributed by atoms with Crippen molar-refractivity contribution in [3.8, 4) is 0 Å². The number of nitrogens with two attached hydrogens (primary N) is 1. The molecule has 0 radical (unpaired) electrons. The lowest BCUT2D eigenvalue weighted by atomic mass is 9.94. The number of aromatic nitrogens is 1. The zero-order valence-corrected chi connectivity index (χ0v) is 13.1. The van der Waals surface area contributed by atoms with Crippen LogP contribution in [-0.2, 0) is 0 Å². The predicted molar refractivity (Wildman–Crippen MR) is 83.8 cm³/mol. The highest BCUT2D eigenvalue weighted by Gasteiger charge is 2.39. The van der Waals surface area contributed by atoms with Crippen LogP contribution in [0.3, 0.4) is 0 Å². The number of hydrogen-bond acceptors (Lipinski definition) is 5. The zero-order valence-electron chi connectivity index (χ0n) is 12.2. The van der Waals surface area contributed by atoms with Crippen LogP contribution < -0.4 is 5.73 Å². The predicted octanol–water partition coefficient (Wildman–Crippen LogP) is 1.47. The molecule has 0 bridgehead atoms. The Bertz CT molecular complexity index is 554. The smallest absolute Gasteiger partial charge is 0.255 e. The molecule has 2 heterocycles. The Morgan fingerprint density at radius 1 is 1.52 bits per heavy atom. The second-order valence-corrected chi connectivity index (χ2v) is 6.30. The molecule has 1 saturated heterocycles. The fourth-order valence-electron chi connectivity index (χ4n) is 2.61. The second-order valence-electron chi connectivity index (χ2n) is 5.11. The van der Waals surface area contributed by atoms with E-state index < -0.39 is 0 Å². The molecule has 21 heavy (non-hydrogen) atoms. The van der Waals surface area contributed by atoms with Crippen LogP contribution in [0.2, 0.25) is 0 Å². The van der Waals surface area contributed by atoms with Crippen molar-refractivity contribution < 1.29 is 10.0 Å². The minimum atomic E-state index is -0.379. The number of thioether (sulfide) groups is 1. The minimum Gasteiger partial charge on any atom is -0.409 e.